The maximum absolute atomic E-state index is 6.38. The van der Waals surface area contributed by atoms with Crippen LogP contribution in [0.25, 0.3) is 0 Å². The minimum atomic E-state index is -0.366. The number of aromatic amines is 1. The van der Waals surface area contributed by atoms with Crippen molar-refractivity contribution in [3.05, 3.63) is 29.2 Å². The second-order valence-corrected chi connectivity index (χ2v) is 6.13. The highest BCUT2D eigenvalue weighted by atomic mass is 16.5. The molecule has 0 saturated heterocycles. The van der Waals surface area contributed by atoms with E-state index in [-0.39, 0.29) is 11.5 Å². The van der Waals surface area contributed by atoms with Crippen LogP contribution in [0.15, 0.2) is 10.7 Å². The van der Waals surface area contributed by atoms with E-state index in [0.29, 0.717) is 5.82 Å². The Labute approximate surface area is 117 Å². The van der Waals surface area contributed by atoms with Crippen LogP contribution in [-0.4, -0.2) is 20.3 Å². The molecule has 0 aliphatic heterocycles. The molecule has 2 aromatic rings. The Morgan fingerprint density at radius 3 is 3.05 bits per heavy atom. The van der Waals surface area contributed by atoms with Crippen LogP contribution < -0.4 is 5.73 Å². The number of aryl methyl sites for hydroxylation is 1. The molecule has 0 spiro atoms. The molecular weight excluding hydrogens is 254 g/mol. The number of aromatic nitrogens is 4. The zero-order valence-corrected chi connectivity index (χ0v) is 11.4. The number of hydrogen-bond acceptors (Lipinski definition) is 5. The van der Waals surface area contributed by atoms with Crippen LogP contribution in [0.4, 0.5) is 0 Å². The maximum atomic E-state index is 6.38. The normalized spacial score (nSPS) is 24.8. The van der Waals surface area contributed by atoms with E-state index < -0.39 is 0 Å². The summed E-state index contributed by atoms with van der Waals surface area (Å²) in [7, 11) is 0. The van der Waals surface area contributed by atoms with Crippen molar-refractivity contribution < 1.29 is 4.52 Å². The van der Waals surface area contributed by atoms with Crippen LogP contribution in [0.1, 0.15) is 61.0 Å². The molecule has 2 aliphatic carbocycles. The molecule has 0 aromatic carbocycles. The van der Waals surface area contributed by atoms with Crippen LogP contribution >= 0.6 is 0 Å². The molecule has 6 heteroatoms. The third-order valence-corrected chi connectivity index (χ3v) is 4.75. The molecule has 4 rings (SSSR count). The molecule has 2 aromatic heterocycles. The summed E-state index contributed by atoms with van der Waals surface area (Å²) in [5.41, 5.74) is 8.53. The van der Waals surface area contributed by atoms with E-state index in [1.54, 1.807) is 0 Å². The van der Waals surface area contributed by atoms with Gasteiger partial charge in [0.05, 0.1) is 11.7 Å². The molecule has 1 fully saturated rings. The van der Waals surface area contributed by atoms with Gasteiger partial charge in [-0.05, 0) is 31.2 Å². The van der Waals surface area contributed by atoms with Crippen molar-refractivity contribution >= 4 is 0 Å². The Bertz CT molecular complexity index is 611. The zero-order chi connectivity index (χ0) is 13.6. The van der Waals surface area contributed by atoms with E-state index in [9.17, 15) is 0 Å². The quantitative estimate of drug-likeness (QED) is 0.870. The van der Waals surface area contributed by atoms with E-state index in [4.69, 9.17) is 10.3 Å². The van der Waals surface area contributed by atoms with Crippen LogP contribution in [0, 0.1) is 0 Å². The Morgan fingerprint density at radius 1 is 1.35 bits per heavy atom. The summed E-state index contributed by atoms with van der Waals surface area (Å²) in [4.78, 5) is 4.61. The van der Waals surface area contributed by atoms with Crippen LogP contribution in [0.3, 0.4) is 0 Å². The van der Waals surface area contributed by atoms with Gasteiger partial charge in [0, 0.05) is 18.0 Å². The fourth-order valence-electron chi connectivity index (χ4n) is 3.45. The Kier molecular flexibility index (Phi) is 2.66. The summed E-state index contributed by atoms with van der Waals surface area (Å²) in [5.74, 6) is 1.71. The Balaban J connectivity index is 1.57. The third-order valence-electron chi connectivity index (χ3n) is 4.75. The van der Waals surface area contributed by atoms with Gasteiger partial charge >= 0.3 is 0 Å². The van der Waals surface area contributed by atoms with Gasteiger partial charge in [-0.1, -0.05) is 18.0 Å². The topological polar surface area (TPSA) is 93.6 Å². The highest BCUT2D eigenvalue weighted by molar-refractivity contribution is 5.23. The molecule has 0 amide bonds. The molecule has 1 unspecified atom stereocenters. The second kappa shape index (κ2) is 4.41. The fourth-order valence-corrected chi connectivity index (χ4v) is 3.45. The van der Waals surface area contributed by atoms with Gasteiger partial charge in [0.15, 0.2) is 5.82 Å². The molecule has 1 atom stereocenters. The smallest absolute Gasteiger partial charge is 0.230 e. The van der Waals surface area contributed by atoms with Crippen LogP contribution in [-0.2, 0) is 18.4 Å². The summed E-state index contributed by atoms with van der Waals surface area (Å²) in [6.45, 7) is 0. The molecular formula is C14H19N5O. The summed E-state index contributed by atoms with van der Waals surface area (Å²) in [5, 5.41) is 11.3. The van der Waals surface area contributed by atoms with Gasteiger partial charge in [-0.2, -0.15) is 10.1 Å². The number of rotatable bonds is 2. The largest absolute Gasteiger partial charge is 0.339 e. The second-order valence-electron chi connectivity index (χ2n) is 6.13. The van der Waals surface area contributed by atoms with Crippen molar-refractivity contribution in [1.82, 2.24) is 20.3 Å². The molecule has 106 valence electrons. The van der Waals surface area contributed by atoms with Crippen molar-refractivity contribution in [1.29, 1.82) is 0 Å². The fraction of sp³-hybridized carbons (Fsp3) is 0.643. The maximum Gasteiger partial charge on any atom is 0.230 e. The third kappa shape index (κ3) is 1.86. The zero-order valence-electron chi connectivity index (χ0n) is 11.4. The number of hydrogen-bond donors (Lipinski definition) is 2. The van der Waals surface area contributed by atoms with Crippen molar-refractivity contribution in [2.75, 3.05) is 0 Å². The first-order valence-electron chi connectivity index (χ1n) is 7.39. The van der Waals surface area contributed by atoms with E-state index in [0.717, 1.165) is 50.8 Å². The van der Waals surface area contributed by atoms with E-state index in [2.05, 4.69) is 20.3 Å². The summed E-state index contributed by atoms with van der Waals surface area (Å²) in [6, 6.07) is 0. The van der Waals surface area contributed by atoms with Gasteiger partial charge in [-0.3, -0.25) is 5.10 Å². The standard InChI is InChI=1S/C14H19N5O/c15-14(5-1-2-6-14)13-17-12(20-19-13)9-3-4-10-8-16-18-11(10)7-9/h8-9H,1-7,15H2,(H,16,18). The first-order chi connectivity index (χ1) is 9.74. The molecule has 2 heterocycles. The molecule has 0 radical (unpaired) electrons. The molecule has 1 saturated carbocycles. The van der Waals surface area contributed by atoms with E-state index in [1.807, 2.05) is 6.20 Å². The number of fused-ring (bicyclic) bond motifs is 1. The van der Waals surface area contributed by atoms with Crippen molar-refractivity contribution in [2.24, 2.45) is 5.73 Å². The lowest BCUT2D eigenvalue weighted by Gasteiger charge is -2.19. The van der Waals surface area contributed by atoms with E-state index >= 15 is 0 Å². The summed E-state index contributed by atoms with van der Waals surface area (Å²) >= 11 is 0. The van der Waals surface area contributed by atoms with Gasteiger partial charge in [-0.25, -0.2) is 0 Å². The minimum absolute atomic E-state index is 0.286. The Morgan fingerprint density at radius 2 is 2.20 bits per heavy atom. The average molecular weight is 273 g/mol. The molecule has 2 aliphatic rings. The van der Waals surface area contributed by atoms with Crippen molar-refractivity contribution in [2.45, 2.75) is 56.4 Å². The van der Waals surface area contributed by atoms with Crippen molar-refractivity contribution in [3.8, 4) is 0 Å². The highest BCUT2D eigenvalue weighted by Gasteiger charge is 2.37. The molecule has 3 N–H and O–H groups in total. The number of nitrogens with zero attached hydrogens (tertiary/aromatic N) is 3. The predicted molar refractivity (Wildman–Crippen MR) is 72.0 cm³/mol. The lowest BCUT2D eigenvalue weighted by Crippen LogP contribution is -2.34. The number of H-pyrrole nitrogens is 1. The van der Waals surface area contributed by atoms with Gasteiger partial charge in [0.2, 0.25) is 5.89 Å². The van der Waals surface area contributed by atoms with Gasteiger partial charge in [-0.15, -0.1) is 0 Å². The van der Waals surface area contributed by atoms with Crippen molar-refractivity contribution in [3.63, 3.8) is 0 Å². The number of nitrogens with one attached hydrogen (secondary N) is 1. The molecule has 6 nitrogen and oxygen atoms in total. The average Bonchev–Trinajstić information content (AvgIpc) is 3.18. The SMILES string of the molecule is NC1(c2noc(C3CCc4cn[nH]c4C3)n2)CCCC1. The summed E-state index contributed by atoms with van der Waals surface area (Å²) < 4.78 is 5.50. The van der Waals surface area contributed by atoms with Gasteiger partial charge < -0.3 is 10.3 Å². The lowest BCUT2D eigenvalue weighted by molar-refractivity contribution is 0.324. The predicted octanol–water partition coefficient (Wildman–Crippen LogP) is 1.79. The van der Waals surface area contributed by atoms with Gasteiger partial charge in [0.25, 0.3) is 0 Å². The lowest BCUT2D eigenvalue weighted by atomic mass is 9.88. The minimum Gasteiger partial charge on any atom is -0.339 e. The first-order valence-corrected chi connectivity index (χ1v) is 7.39. The first kappa shape index (κ1) is 12.1. The highest BCUT2D eigenvalue weighted by Crippen LogP contribution is 2.36. The number of nitrogens with two attached hydrogens (primary N) is 1. The van der Waals surface area contributed by atoms with Crippen LogP contribution in [0.2, 0.25) is 0 Å². The molecule has 0 bridgehead atoms. The summed E-state index contributed by atoms with van der Waals surface area (Å²) in [6.07, 6.45) is 9.09. The van der Waals surface area contributed by atoms with Crippen LogP contribution in [0.5, 0.6) is 0 Å². The Hall–Kier alpha value is -1.69. The molecule has 20 heavy (non-hydrogen) atoms. The van der Waals surface area contributed by atoms with E-state index in [1.165, 1.54) is 11.3 Å². The van der Waals surface area contributed by atoms with Gasteiger partial charge in [0.1, 0.15) is 0 Å². The monoisotopic (exact) mass is 273 g/mol.